The van der Waals surface area contributed by atoms with Gasteiger partial charge in [0.15, 0.2) is 24.8 Å². The van der Waals surface area contributed by atoms with E-state index in [1.807, 2.05) is 0 Å². The molecule has 7 N–H and O–H groups in total. The number of aliphatic hydroxyl groups excluding tert-OH is 5. The Kier molecular flexibility index (Phi) is 11.1. The molecule has 4 saturated carbocycles. The number of carbonyl (C=O) groups is 3. The predicted octanol–water partition coefficient (Wildman–Crippen LogP) is 3.16. The largest absolute Gasteiger partial charge is 0.479 e. The summed E-state index contributed by atoms with van der Waals surface area (Å²) in [6, 6.07) is 0. The van der Waals surface area contributed by atoms with Crippen molar-refractivity contribution in [3.05, 3.63) is 11.6 Å². The lowest BCUT2D eigenvalue weighted by Crippen LogP contribution is -2.67. The molecule has 0 radical (unpaired) electrons. The van der Waals surface area contributed by atoms with Crippen molar-refractivity contribution < 1.29 is 73.8 Å². The predicted molar refractivity (Wildman–Crippen MR) is 203 cm³/mol. The molecule has 2 aliphatic heterocycles. The molecule has 15 heteroatoms. The van der Waals surface area contributed by atoms with Crippen molar-refractivity contribution in [1.82, 2.24) is 0 Å². The second-order valence-corrected chi connectivity index (χ2v) is 20.8. The molecule has 0 aromatic heterocycles. The molecule has 0 spiro atoms. The van der Waals surface area contributed by atoms with Gasteiger partial charge in [0.1, 0.15) is 36.6 Å². The quantitative estimate of drug-likeness (QED) is 0.111. The molecule has 328 valence electrons. The highest BCUT2D eigenvalue weighted by Gasteiger charge is 2.69. The van der Waals surface area contributed by atoms with E-state index < -0.39 is 90.3 Å². The summed E-state index contributed by atoms with van der Waals surface area (Å²) < 4.78 is 28.9. The van der Waals surface area contributed by atoms with E-state index in [0.29, 0.717) is 18.3 Å². The molecule has 2 heterocycles. The van der Waals surface area contributed by atoms with Crippen LogP contribution in [0, 0.1) is 50.2 Å². The van der Waals surface area contributed by atoms with Crippen LogP contribution in [0.2, 0.25) is 0 Å². The minimum atomic E-state index is -2.00. The molecule has 19 atom stereocenters. The number of methoxy groups -OCH3 is 1. The van der Waals surface area contributed by atoms with E-state index in [0.717, 1.165) is 57.8 Å². The average Bonchev–Trinajstić information content (AvgIpc) is 3.15. The Balaban J connectivity index is 1.15. The van der Waals surface area contributed by atoms with Gasteiger partial charge < -0.3 is 59.4 Å². The molecular formula is C43H66O15. The number of aliphatic hydroxyl groups is 5. The number of allylic oxidation sites excluding steroid dienone is 2. The van der Waals surface area contributed by atoms with Crippen molar-refractivity contribution in [1.29, 1.82) is 0 Å². The fourth-order valence-electron chi connectivity index (χ4n) is 13.8. The molecule has 7 rings (SSSR count). The number of ether oxygens (including phenoxy) is 5. The summed E-state index contributed by atoms with van der Waals surface area (Å²) in [5.41, 5.74) is 0.441. The Bertz CT molecular complexity index is 1670. The summed E-state index contributed by atoms with van der Waals surface area (Å²) >= 11 is 0. The van der Waals surface area contributed by atoms with E-state index in [1.54, 1.807) is 0 Å². The maximum atomic E-state index is 13.1. The molecule has 0 aromatic carbocycles. The zero-order valence-electron chi connectivity index (χ0n) is 35.1. The SMILES string of the molecule is COC(=O)[C@@]1(C)CC[C@]2(C)CC[C@]3(C)C(=CC[C@@H]4[C@@]5(C)CC[C@H](O[C@@H]6O[C@H](C(=O)O)[C@@H](O)[C@H](O)[C@H]6O[C@@H]6O[C@H](C(=O)O)[C@@H](O)[C@H](O)[C@H]6O)C(C)(C)[C@@H]5CC[C@]43C)[C@@H]2C1. The molecule has 58 heavy (non-hydrogen) atoms. The maximum absolute atomic E-state index is 13.1. The van der Waals surface area contributed by atoms with Crippen molar-refractivity contribution in [3.63, 3.8) is 0 Å². The average molecular weight is 823 g/mol. The van der Waals surface area contributed by atoms with Crippen molar-refractivity contribution in [2.45, 2.75) is 180 Å². The first-order valence-corrected chi connectivity index (χ1v) is 21.2. The van der Waals surface area contributed by atoms with Crippen molar-refractivity contribution in [2.75, 3.05) is 7.11 Å². The molecule has 5 aliphatic carbocycles. The van der Waals surface area contributed by atoms with Crippen LogP contribution in [0.25, 0.3) is 0 Å². The first-order chi connectivity index (χ1) is 26.9. The van der Waals surface area contributed by atoms with Gasteiger partial charge in [-0.2, -0.15) is 0 Å². The summed E-state index contributed by atoms with van der Waals surface area (Å²) in [7, 11) is 1.49. The van der Waals surface area contributed by atoms with E-state index in [1.165, 1.54) is 12.7 Å². The normalized spacial score (nSPS) is 52.5. The third-order valence-corrected chi connectivity index (χ3v) is 17.6. The van der Waals surface area contributed by atoms with Crippen LogP contribution in [-0.2, 0) is 38.1 Å². The molecular weight excluding hydrogens is 756 g/mol. The number of hydrogen-bond acceptors (Lipinski definition) is 13. The van der Waals surface area contributed by atoms with Gasteiger partial charge in [0.2, 0.25) is 0 Å². The number of rotatable bonds is 7. The Morgan fingerprint density at radius 1 is 0.690 bits per heavy atom. The van der Waals surface area contributed by atoms with Gasteiger partial charge in [0, 0.05) is 0 Å². The van der Waals surface area contributed by atoms with E-state index in [9.17, 15) is 50.1 Å². The van der Waals surface area contributed by atoms with Gasteiger partial charge in [0.25, 0.3) is 0 Å². The summed E-state index contributed by atoms with van der Waals surface area (Å²) in [6.45, 7) is 16.1. The lowest BCUT2D eigenvalue weighted by molar-refractivity contribution is -0.371. The van der Waals surface area contributed by atoms with Gasteiger partial charge in [-0.1, -0.05) is 53.2 Å². The van der Waals surface area contributed by atoms with Gasteiger partial charge in [-0.3, -0.25) is 4.79 Å². The minimum absolute atomic E-state index is 0.0142. The van der Waals surface area contributed by atoms with Gasteiger partial charge in [-0.05, 0) is 116 Å². The number of carboxylic acid groups (broad SMARTS) is 2. The van der Waals surface area contributed by atoms with Crippen LogP contribution in [0.3, 0.4) is 0 Å². The number of esters is 1. The summed E-state index contributed by atoms with van der Waals surface area (Å²) in [6.07, 6.45) is -8.12. The number of hydrogen-bond donors (Lipinski definition) is 7. The molecule has 2 saturated heterocycles. The van der Waals surface area contributed by atoms with Crippen LogP contribution in [0.1, 0.15) is 113 Å². The van der Waals surface area contributed by atoms with Crippen molar-refractivity contribution in [2.24, 2.45) is 50.2 Å². The molecule has 15 nitrogen and oxygen atoms in total. The molecule has 0 unspecified atom stereocenters. The smallest absolute Gasteiger partial charge is 0.335 e. The molecule has 6 fully saturated rings. The van der Waals surface area contributed by atoms with Gasteiger partial charge >= 0.3 is 17.9 Å². The Morgan fingerprint density at radius 2 is 1.29 bits per heavy atom. The summed E-state index contributed by atoms with van der Waals surface area (Å²) in [5, 5.41) is 72.9. The van der Waals surface area contributed by atoms with Crippen LogP contribution in [-0.4, -0.2) is 128 Å². The highest BCUT2D eigenvalue weighted by Crippen LogP contribution is 2.76. The number of aliphatic carboxylic acids is 2. The lowest BCUT2D eigenvalue weighted by Gasteiger charge is -2.71. The zero-order valence-corrected chi connectivity index (χ0v) is 35.1. The monoisotopic (exact) mass is 822 g/mol. The Morgan fingerprint density at radius 3 is 1.91 bits per heavy atom. The third kappa shape index (κ3) is 6.42. The van der Waals surface area contributed by atoms with Crippen molar-refractivity contribution >= 4 is 17.9 Å². The van der Waals surface area contributed by atoms with Crippen LogP contribution in [0.5, 0.6) is 0 Å². The second-order valence-electron chi connectivity index (χ2n) is 20.8. The van der Waals surface area contributed by atoms with Crippen molar-refractivity contribution in [3.8, 4) is 0 Å². The Hall–Kier alpha value is -2.21. The minimum Gasteiger partial charge on any atom is -0.479 e. The second kappa shape index (κ2) is 14.7. The first-order valence-electron chi connectivity index (χ1n) is 21.2. The number of carboxylic acids is 2. The number of carbonyl (C=O) groups excluding carboxylic acids is 1. The molecule has 7 aliphatic rings. The van der Waals surface area contributed by atoms with Crippen LogP contribution in [0.15, 0.2) is 11.6 Å². The standard InChI is InChI=1S/C43H66O15/c1-38(2)22-11-14-43(7)23(10-9-20-21-19-40(4,37(53)54-8)16-15-39(21,3)17-18-42(20,43)6)41(22,5)13-12-24(38)55-36-32(28(47)27(46)31(57-36)34(51)52)58-35-29(48)25(44)26(45)30(56-35)33(49)50/h9,21-32,35-36,44-48H,10-19H2,1-8H3,(H,49,50)(H,51,52)/t21-,22-,23+,24-,25-,26-,27-,28-,29+,30-,31-,32+,35-,36+,39+,40-,41-,42+,43+/m0/s1. The van der Waals surface area contributed by atoms with E-state index >= 15 is 0 Å². The highest BCUT2D eigenvalue weighted by atomic mass is 16.8. The molecule has 0 aromatic rings. The van der Waals surface area contributed by atoms with Crippen LogP contribution in [0.4, 0.5) is 0 Å². The van der Waals surface area contributed by atoms with E-state index in [4.69, 9.17) is 23.7 Å². The lowest BCUT2D eigenvalue weighted by atomic mass is 9.33. The first kappa shape index (κ1) is 43.9. The molecule has 0 bridgehead atoms. The topological polar surface area (TPSA) is 239 Å². The van der Waals surface area contributed by atoms with Crippen LogP contribution < -0.4 is 0 Å². The fraction of sp³-hybridized carbons (Fsp3) is 0.884. The Labute approximate surface area is 340 Å². The third-order valence-electron chi connectivity index (χ3n) is 17.6. The van der Waals surface area contributed by atoms with Crippen LogP contribution >= 0.6 is 0 Å². The fourth-order valence-corrected chi connectivity index (χ4v) is 13.8. The van der Waals surface area contributed by atoms with E-state index in [2.05, 4.69) is 54.5 Å². The zero-order chi connectivity index (χ0) is 42.7. The van der Waals surface area contributed by atoms with Gasteiger partial charge in [0.05, 0.1) is 18.6 Å². The highest BCUT2D eigenvalue weighted by molar-refractivity contribution is 5.76. The molecule has 0 amide bonds. The summed E-state index contributed by atoms with van der Waals surface area (Å²) in [4.78, 5) is 37.1. The maximum Gasteiger partial charge on any atom is 0.335 e. The summed E-state index contributed by atoms with van der Waals surface area (Å²) in [5.74, 6) is -2.52. The van der Waals surface area contributed by atoms with Gasteiger partial charge in [-0.15, -0.1) is 0 Å². The number of fused-ring (bicyclic) bond motifs is 7. The van der Waals surface area contributed by atoms with E-state index in [-0.39, 0.29) is 33.5 Å². The van der Waals surface area contributed by atoms with Gasteiger partial charge in [-0.25, -0.2) is 9.59 Å².